The number of amides is 5. The Kier molecular flexibility index (Phi) is 8.32. The van der Waals surface area contributed by atoms with Crippen molar-refractivity contribution < 1.29 is 23.6 Å². The van der Waals surface area contributed by atoms with Crippen LogP contribution in [0, 0.1) is 5.82 Å². The Hall–Kier alpha value is -5.08. The topological polar surface area (TPSA) is 144 Å². The molecule has 5 amide bonds. The maximum atomic E-state index is 14.1. The van der Waals surface area contributed by atoms with E-state index < -0.39 is 18.2 Å². The van der Waals surface area contributed by atoms with E-state index in [-0.39, 0.29) is 50.2 Å². The lowest BCUT2D eigenvalue weighted by molar-refractivity contribution is -0.157. The quantitative estimate of drug-likeness (QED) is 0.241. The molecule has 2 fully saturated rings. The molecule has 0 aliphatic carbocycles. The van der Waals surface area contributed by atoms with Crippen LogP contribution < -0.4 is 16.4 Å². The van der Waals surface area contributed by atoms with Crippen LogP contribution in [0.2, 0.25) is 0 Å². The number of nitrogens with two attached hydrogens (primary N) is 1. The molecular formula is C31H31FN8O4S. The van der Waals surface area contributed by atoms with Gasteiger partial charge >= 0.3 is 6.03 Å². The van der Waals surface area contributed by atoms with Crippen molar-refractivity contribution in [3.05, 3.63) is 89.2 Å². The molecule has 0 unspecified atom stereocenters. The van der Waals surface area contributed by atoms with E-state index in [1.807, 2.05) is 18.2 Å². The number of urea groups is 1. The fourth-order valence-corrected chi connectivity index (χ4v) is 6.63. The second-order valence-corrected chi connectivity index (χ2v) is 12.0. The summed E-state index contributed by atoms with van der Waals surface area (Å²) < 4.78 is 14.2. The molecule has 1 aromatic heterocycles. The molecule has 45 heavy (non-hydrogen) atoms. The number of hydrogen-bond donors (Lipinski definition) is 3. The zero-order chi connectivity index (χ0) is 31.7. The highest BCUT2D eigenvalue weighted by atomic mass is 32.1. The van der Waals surface area contributed by atoms with Gasteiger partial charge in [0.15, 0.2) is 5.13 Å². The van der Waals surface area contributed by atoms with Gasteiger partial charge in [-0.3, -0.25) is 19.4 Å². The highest BCUT2D eigenvalue weighted by Gasteiger charge is 2.51. The molecule has 0 radical (unpaired) electrons. The minimum Gasteiger partial charge on any atom is -0.375 e. The molecule has 2 aliphatic heterocycles. The molecule has 4 N–H and O–H groups in total. The number of nitrogen functional groups attached to an aromatic ring is 1. The number of nitrogens with zero attached hydrogens (tertiary/aromatic N) is 5. The lowest BCUT2D eigenvalue weighted by Gasteiger charge is -2.45. The Morgan fingerprint density at radius 3 is 2.58 bits per heavy atom. The van der Waals surface area contributed by atoms with Crippen molar-refractivity contribution in [1.29, 1.82) is 0 Å². The standard InChI is InChI=1S/C31H31FN8O4S/c1-37(31(44)34-14-20-5-9-22(32)10-6-20)39-17-27(42)40-24(13-19-7-11-23(12-8-19)35-18-41)29(43)38(16-26(39)40)15-21-3-2-4-25-28(21)36-30(33)45-25/h2-12,18,24,26H,13-17H2,1H3,(H2,33,36)(H,34,44)(H,35,41)/t24-,26+/m0/s1. The predicted molar refractivity (Wildman–Crippen MR) is 167 cm³/mol. The number of halogens is 1. The molecule has 2 aliphatic rings. The number of hydrazine groups is 1. The van der Waals surface area contributed by atoms with Crippen LogP contribution in [0.3, 0.4) is 0 Å². The number of carbonyl (C=O) groups excluding carboxylic acids is 4. The summed E-state index contributed by atoms with van der Waals surface area (Å²) in [5.74, 6) is -0.864. The number of piperazine rings is 1. The summed E-state index contributed by atoms with van der Waals surface area (Å²) >= 11 is 1.37. The molecule has 6 rings (SSSR count). The molecule has 14 heteroatoms. The van der Waals surface area contributed by atoms with Crippen LogP contribution in [-0.4, -0.2) is 81.4 Å². The molecule has 3 aromatic carbocycles. The van der Waals surface area contributed by atoms with Crippen molar-refractivity contribution in [2.75, 3.05) is 31.2 Å². The summed E-state index contributed by atoms with van der Waals surface area (Å²) in [5, 5.41) is 8.86. The van der Waals surface area contributed by atoms with Gasteiger partial charge in [0.05, 0.1) is 23.3 Å². The van der Waals surface area contributed by atoms with E-state index in [9.17, 15) is 23.6 Å². The largest absolute Gasteiger partial charge is 0.375 e. The Balaban J connectivity index is 1.27. The smallest absolute Gasteiger partial charge is 0.332 e. The van der Waals surface area contributed by atoms with Crippen molar-refractivity contribution in [2.45, 2.75) is 31.7 Å². The molecule has 232 valence electrons. The third-order valence-corrected chi connectivity index (χ3v) is 8.94. The number of fused-ring (bicyclic) bond motifs is 2. The van der Waals surface area contributed by atoms with Crippen molar-refractivity contribution >= 4 is 56.6 Å². The number of aromatic nitrogens is 1. The van der Waals surface area contributed by atoms with E-state index in [1.165, 1.54) is 28.5 Å². The number of benzene rings is 3. The van der Waals surface area contributed by atoms with E-state index in [0.717, 1.165) is 26.9 Å². The van der Waals surface area contributed by atoms with E-state index >= 15 is 0 Å². The number of carbonyl (C=O) groups is 4. The molecule has 2 saturated heterocycles. The molecule has 4 aromatic rings. The van der Waals surface area contributed by atoms with Crippen LogP contribution in [0.1, 0.15) is 16.7 Å². The van der Waals surface area contributed by atoms with Crippen LogP contribution >= 0.6 is 11.3 Å². The Morgan fingerprint density at radius 1 is 1.11 bits per heavy atom. The van der Waals surface area contributed by atoms with Gasteiger partial charge < -0.3 is 26.2 Å². The first kappa shape index (κ1) is 30.0. The lowest BCUT2D eigenvalue weighted by atomic mass is 9.99. The third kappa shape index (κ3) is 6.14. The first-order valence-electron chi connectivity index (χ1n) is 14.3. The molecule has 0 bridgehead atoms. The summed E-state index contributed by atoms with van der Waals surface area (Å²) in [5.41, 5.74) is 9.66. The van der Waals surface area contributed by atoms with Gasteiger partial charge in [0.1, 0.15) is 18.0 Å². The third-order valence-electron chi connectivity index (χ3n) is 8.09. The second-order valence-electron chi connectivity index (χ2n) is 10.9. The highest BCUT2D eigenvalue weighted by Crippen LogP contribution is 2.32. The first-order valence-corrected chi connectivity index (χ1v) is 15.1. The van der Waals surface area contributed by atoms with Gasteiger partial charge in [-0.25, -0.2) is 14.2 Å². The van der Waals surface area contributed by atoms with Gasteiger partial charge in [0.25, 0.3) is 0 Å². The summed E-state index contributed by atoms with van der Waals surface area (Å²) in [4.78, 5) is 59.5. The van der Waals surface area contributed by atoms with Gasteiger partial charge in [-0.15, -0.1) is 0 Å². The summed E-state index contributed by atoms with van der Waals surface area (Å²) in [7, 11) is 1.57. The molecular weight excluding hydrogens is 599 g/mol. The van der Waals surface area contributed by atoms with Crippen molar-refractivity contribution in [2.24, 2.45) is 0 Å². The van der Waals surface area contributed by atoms with Gasteiger partial charge in [0, 0.05) is 32.2 Å². The predicted octanol–water partition coefficient (Wildman–Crippen LogP) is 2.77. The Labute approximate surface area is 262 Å². The van der Waals surface area contributed by atoms with E-state index in [4.69, 9.17) is 5.73 Å². The summed E-state index contributed by atoms with van der Waals surface area (Å²) in [6.07, 6.45) is 0.210. The maximum absolute atomic E-state index is 14.1. The van der Waals surface area contributed by atoms with Gasteiger partial charge in [0.2, 0.25) is 18.2 Å². The summed E-state index contributed by atoms with van der Waals surface area (Å²) in [6.45, 7) is 0.478. The average Bonchev–Trinajstić information content (AvgIpc) is 3.58. The molecule has 2 atom stereocenters. The second kappa shape index (κ2) is 12.5. The monoisotopic (exact) mass is 630 g/mol. The van der Waals surface area contributed by atoms with Crippen LogP contribution in [0.5, 0.6) is 0 Å². The Bertz CT molecular complexity index is 1750. The van der Waals surface area contributed by atoms with Crippen molar-refractivity contribution in [1.82, 2.24) is 30.1 Å². The van der Waals surface area contributed by atoms with Crippen molar-refractivity contribution in [3.63, 3.8) is 0 Å². The number of hydrogen-bond acceptors (Lipinski definition) is 8. The SMILES string of the molecule is CN(C(=O)NCc1ccc(F)cc1)N1CC(=O)N2[C@@H](Cc3ccc(NC=O)cc3)C(=O)N(Cc3cccc4sc(N)nc34)C[C@@H]21. The average molecular weight is 631 g/mol. The Morgan fingerprint density at radius 2 is 1.84 bits per heavy atom. The van der Waals surface area contributed by atoms with Gasteiger partial charge in [-0.2, -0.15) is 5.01 Å². The van der Waals surface area contributed by atoms with Crippen LogP contribution in [-0.2, 0) is 33.9 Å². The van der Waals surface area contributed by atoms with E-state index in [1.54, 1.807) is 58.3 Å². The fraction of sp³-hybridized carbons (Fsp3) is 0.258. The van der Waals surface area contributed by atoms with Crippen LogP contribution in [0.25, 0.3) is 10.2 Å². The summed E-state index contributed by atoms with van der Waals surface area (Å²) in [6, 6.07) is 17.3. The van der Waals surface area contributed by atoms with Crippen LogP contribution in [0.4, 0.5) is 20.0 Å². The highest BCUT2D eigenvalue weighted by molar-refractivity contribution is 7.22. The molecule has 12 nitrogen and oxygen atoms in total. The zero-order valence-corrected chi connectivity index (χ0v) is 25.2. The maximum Gasteiger partial charge on any atom is 0.332 e. The lowest BCUT2D eigenvalue weighted by Crippen LogP contribution is -2.65. The molecule has 3 heterocycles. The minimum absolute atomic E-state index is 0.0941. The number of para-hydroxylation sites is 1. The number of nitrogens with one attached hydrogen (secondary N) is 2. The van der Waals surface area contributed by atoms with Gasteiger partial charge in [-0.05, 0) is 47.0 Å². The van der Waals surface area contributed by atoms with Crippen molar-refractivity contribution in [3.8, 4) is 0 Å². The first-order chi connectivity index (χ1) is 21.7. The van der Waals surface area contributed by atoms with Gasteiger partial charge in [-0.1, -0.05) is 47.7 Å². The van der Waals surface area contributed by atoms with E-state index in [0.29, 0.717) is 17.2 Å². The normalized spacial score (nSPS) is 18.3. The minimum atomic E-state index is -0.832. The fourth-order valence-electron chi connectivity index (χ4n) is 5.85. The number of anilines is 2. The zero-order valence-electron chi connectivity index (χ0n) is 24.4. The van der Waals surface area contributed by atoms with Crippen LogP contribution in [0.15, 0.2) is 66.7 Å². The number of thiazole rings is 1. The molecule has 0 spiro atoms. The van der Waals surface area contributed by atoms with E-state index in [2.05, 4.69) is 15.6 Å². The molecule has 0 saturated carbocycles. The number of rotatable bonds is 9.